The van der Waals surface area contributed by atoms with Crippen molar-refractivity contribution >= 4 is 34.3 Å². The van der Waals surface area contributed by atoms with E-state index in [0.29, 0.717) is 26.2 Å². The number of fused-ring (bicyclic) bond motifs is 1. The lowest BCUT2D eigenvalue weighted by molar-refractivity contribution is -0.121. The van der Waals surface area contributed by atoms with Crippen molar-refractivity contribution in [1.29, 1.82) is 0 Å². The Labute approximate surface area is 187 Å². The number of carbonyl (C=O) groups excluding carboxylic acids is 2. The molecule has 0 radical (unpaired) electrons. The van der Waals surface area contributed by atoms with Crippen molar-refractivity contribution in [3.05, 3.63) is 49.6 Å². The lowest BCUT2D eigenvalue weighted by Crippen LogP contribution is -2.50. The molecule has 1 aliphatic heterocycles. The molecule has 32 heavy (non-hydrogen) atoms. The van der Waals surface area contributed by atoms with Crippen molar-refractivity contribution in [1.82, 2.24) is 33.8 Å². The fourth-order valence-electron chi connectivity index (χ4n) is 3.81. The second-order valence-electron chi connectivity index (χ2n) is 7.71. The number of rotatable bonds is 6. The minimum absolute atomic E-state index is 0.0625. The fourth-order valence-corrected chi connectivity index (χ4v) is 4.50. The Bertz CT molecular complexity index is 1250. The summed E-state index contributed by atoms with van der Waals surface area (Å²) < 4.78 is 3.75. The summed E-state index contributed by atoms with van der Waals surface area (Å²) in [4.78, 5) is 58.2. The molecule has 11 nitrogen and oxygen atoms in total. The monoisotopic (exact) mass is 459 g/mol. The minimum atomic E-state index is -0.483. The van der Waals surface area contributed by atoms with Crippen LogP contribution in [0, 0.1) is 0 Å². The summed E-state index contributed by atoms with van der Waals surface area (Å²) in [6.07, 6.45) is 1.40. The summed E-state index contributed by atoms with van der Waals surface area (Å²) >= 11 is 1.45. The molecule has 170 valence electrons. The van der Waals surface area contributed by atoms with Gasteiger partial charge in [-0.2, -0.15) is 0 Å². The summed E-state index contributed by atoms with van der Waals surface area (Å²) in [5, 5.41) is 4.76. The number of nitrogens with zero attached hydrogens (tertiary/aromatic N) is 6. The second-order valence-corrected chi connectivity index (χ2v) is 8.66. The third-order valence-corrected chi connectivity index (χ3v) is 6.53. The van der Waals surface area contributed by atoms with Crippen LogP contribution in [-0.2, 0) is 25.4 Å². The highest BCUT2D eigenvalue weighted by Gasteiger charge is 2.22. The van der Waals surface area contributed by atoms with E-state index in [4.69, 9.17) is 0 Å². The predicted octanol–water partition coefficient (Wildman–Crippen LogP) is -0.931. The summed E-state index contributed by atoms with van der Waals surface area (Å²) in [6, 6.07) is 3.72. The summed E-state index contributed by atoms with van der Waals surface area (Å²) in [5.41, 5.74) is -0.477. The smallest absolute Gasteiger partial charge is 0.332 e. The van der Waals surface area contributed by atoms with Crippen LogP contribution in [-0.4, -0.2) is 79.6 Å². The number of imidazole rings is 1. The van der Waals surface area contributed by atoms with Gasteiger partial charge in [0.25, 0.3) is 11.5 Å². The maximum Gasteiger partial charge on any atom is 0.332 e. The van der Waals surface area contributed by atoms with Gasteiger partial charge in [-0.05, 0) is 11.4 Å². The summed E-state index contributed by atoms with van der Waals surface area (Å²) in [7, 11) is 2.94. The fraction of sp³-hybridized carbons (Fsp3) is 0.450. The molecule has 1 fully saturated rings. The van der Waals surface area contributed by atoms with E-state index in [2.05, 4.69) is 15.2 Å². The van der Waals surface area contributed by atoms with Crippen LogP contribution >= 0.6 is 11.3 Å². The van der Waals surface area contributed by atoms with E-state index in [0.717, 1.165) is 22.5 Å². The minimum Gasteiger partial charge on any atom is -0.353 e. The standard InChI is InChI=1S/C20H25N7O4S/c1-23-17-16(19(30)24(2)20(23)31)27(13-22-17)12-15(28)21-5-6-25-7-9-26(10-8-25)18(29)14-4-3-11-32-14/h3-4,11,13H,5-10,12H2,1-2H3,(H,21,28). The van der Waals surface area contributed by atoms with Gasteiger partial charge in [-0.25, -0.2) is 9.78 Å². The Hall–Kier alpha value is -3.25. The number of piperazine rings is 1. The molecule has 4 heterocycles. The Morgan fingerprint density at radius 1 is 1.12 bits per heavy atom. The largest absolute Gasteiger partial charge is 0.353 e. The van der Waals surface area contributed by atoms with E-state index in [9.17, 15) is 19.2 Å². The van der Waals surface area contributed by atoms with Crippen LogP contribution in [0.15, 0.2) is 33.4 Å². The molecule has 1 saturated heterocycles. The zero-order valence-corrected chi connectivity index (χ0v) is 18.8. The highest BCUT2D eigenvalue weighted by atomic mass is 32.1. The normalized spacial score (nSPS) is 14.8. The molecule has 0 bridgehead atoms. The van der Waals surface area contributed by atoms with Crippen molar-refractivity contribution in [3.63, 3.8) is 0 Å². The Morgan fingerprint density at radius 2 is 1.88 bits per heavy atom. The number of nitrogens with one attached hydrogen (secondary N) is 1. The highest BCUT2D eigenvalue weighted by molar-refractivity contribution is 7.12. The van der Waals surface area contributed by atoms with Crippen LogP contribution in [0.2, 0.25) is 0 Å². The number of carbonyl (C=O) groups is 2. The molecule has 1 N–H and O–H groups in total. The molecule has 0 aliphatic carbocycles. The Morgan fingerprint density at radius 3 is 2.56 bits per heavy atom. The van der Waals surface area contributed by atoms with Gasteiger partial charge in [0, 0.05) is 53.4 Å². The number of hydrogen-bond donors (Lipinski definition) is 1. The van der Waals surface area contributed by atoms with E-state index >= 15 is 0 Å². The lowest BCUT2D eigenvalue weighted by Gasteiger charge is -2.34. The first-order valence-electron chi connectivity index (χ1n) is 10.3. The first kappa shape index (κ1) is 22.0. The zero-order valence-electron chi connectivity index (χ0n) is 18.0. The molecule has 3 aromatic heterocycles. The number of aromatic nitrogens is 4. The lowest BCUT2D eigenvalue weighted by atomic mass is 10.3. The predicted molar refractivity (Wildman–Crippen MR) is 120 cm³/mol. The SMILES string of the molecule is Cn1c(=O)c2c(ncn2CC(=O)NCCN2CCN(C(=O)c3cccs3)CC2)n(C)c1=O. The molecule has 0 atom stereocenters. The first-order chi connectivity index (χ1) is 15.4. The molecule has 0 unspecified atom stereocenters. The van der Waals surface area contributed by atoms with Crippen LogP contribution in [0.1, 0.15) is 9.67 Å². The van der Waals surface area contributed by atoms with Gasteiger partial charge in [-0.15, -0.1) is 11.3 Å². The van der Waals surface area contributed by atoms with Gasteiger partial charge in [0.05, 0.1) is 11.2 Å². The molecule has 2 amide bonds. The molecule has 4 rings (SSSR count). The first-order valence-corrected chi connectivity index (χ1v) is 11.2. The summed E-state index contributed by atoms with van der Waals surface area (Å²) in [5.74, 6) is -0.170. The topological polar surface area (TPSA) is 114 Å². The van der Waals surface area contributed by atoms with E-state index in [1.807, 2.05) is 22.4 Å². The van der Waals surface area contributed by atoms with Crippen molar-refractivity contribution in [2.24, 2.45) is 14.1 Å². The van der Waals surface area contributed by atoms with Gasteiger partial charge < -0.3 is 14.8 Å². The second kappa shape index (κ2) is 9.09. The number of aryl methyl sites for hydroxylation is 1. The van der Waals surface area contributed by atoms with Crippen LogP contribution in [0.25, 0.3) is 11.2 Å². The van der Waals surface area contributed by atoms with E-state index in [1.54, 1.807) is 0 Å². The molecule has 1 aliphatic rings. The average molecular weight is 460 g/mol. The van der Waals surface area contributed by atoms with E-state index in [1.165, 1.54) is 40.9 Å². The Balaban J connectivity index is 1.27. The van der Waals surface area contributed by atoms with Gasteiger partial charge in [0.15, 0.2) is 11.2 Å². The molecule has 3 aromatic rings. The highest BCUT2D eigenvalue weighted by Crippen LogP contribution is 2.13. The summed E-state index contributed by atoms with van der Waals surface area (Å²) in [6.45, 7) is 3.90. The van der Waals surface area contributed by atoms with E-state index in [-0.39, 0.29) is 29.5 Å². The van der Waals surface area contributed by atoms with Crippen LogP contribution in [0.4, 0.5) is 0 Å². The van der Waals surface area contributed by atoms with Crippen LogP contribution < -0.4 is 16.6 Å². The van der Waals surface area contributed by atoms with Crippen molar-refractivity contribution in [3.8, 4) is 0 Å². The van der Waals surface area contributed by atoms with Crippen molar-refractivity contribution in [2.75, 3.05) is 39.3 Å². The molecule has 0 saturated carbocycles. The molecule has 0 spiro atoms. The third kappa shape index (κ3) is 4.23. The van der Waals surface area contributed by atoms with Crippen molar-refractivity contribution < 1.29 is 9.59 Å². The molecule has 12 heteroatoms. The number of hydrogen-bond acceptors (Lipinski definition) is 7. The van der Waals surface area contributed by atoms with Crippen molar-refractivity contribution in [2.45, 2.75) is 6.54 Å². The quantitative estimate of drug-likeness (QED) is 0.509. The maximum atomic E-state index is 12.5. The third-order valence-electron chi connectivity index (χ3n) is 5.67. The zero-order chi connectivity index (χ0) is 22.8. The Kier molecular flexibility index (Phi) is 6.24. The van der Waals surface area contributed by atoms with Gasteiger partial charge >= 0.3 is 5.69 Å². The van der Waals surface area contributed by atoms with E-state index < -0.39 is 11.2 Å². The molecular formula is C20H25N7O4S. The van der Waals surface area contributed by atoms with Gasteiger partial charge in [0.1, 0.15) is 6.54 Å². The number of thiophene rings is 1. The molecule has 0 aromatic carbocycles. The number of amides is 2. The van der Waals surface area contributed by atoms with Crippen LogP contribution in [0.3, 0.4) is 0 Å². The average Bonchev–Trinajstić information content (AvgIpc) is 3.47. The van der Waals surface area contributed by atoms with Gasteiger partial charge in [-0.3, -0.25) is 28.4 Å². The molecular weight excluding hydrogens is 434 g/mol. The van der Waals surface area contributed by atoms with Gasteiger partial charge in [0.2, 0.25) is 5.91 Å². The van der Waals surface area contributed by atoms with Gasteiger partial charge in [-0.1, -0.05) is 6.07 Å². The van der Waals surface area contributed by atoms with Crippen LogP contribution in [0.5, 0.6) is 0 Å². The maximum absolute atomic E-state index is 12.5.